The van der Waals surface area contributed by atoms with Gasteiger partial charge in [0, 0.05) is 24.9 Å². The first-order valence-electron chi connectivity index (χ1n) is 5.38. The van der Waals surface area contributed by atoms with Crippen LogP contribution in [0.1, 0.15) is 5.56 Å². The third-order valence-electron chi connectivity index (χ3n) is 2.81. The van der Waals surface area contributed by atoms with Gasteiger partial charge in [-0.3, -0.25) is 4.68 Å². The van der Waals surface area contributed by atoms with Crippen molar-refractivity contribution in [1.29, 1.82) is 0 Å². The van der Waals surface area contributed by atoms with E-state index in [0.29, 0.717) is 0 Å². The van der Waals surface area contributed by atoms with Crippen LogP contribution in [0.5, 0.6) is 11.5 Å². The Hall–Kier alpha value is -1.97. The van der Waals surface area contributed by atoms with Crippen molar-refractivity contribution in [3.63, 3.8) is 0 Å². The van der Waals surface area contributed by atoms with Crippen LogP contribution in [0.25, 0.3) is 11.3 Å². The molecule has 0 aliphatic heterocycles. The third kappa shape index (κ3) is 1.98. The van der Waals surface area contributed by atoms with Crippen LogP contribution in [0.4, 0.5) is 0 Å². The maximum absolute atomic E-state index is 5.43. The average molecular weight is 232 g/mol. The molecule has 0 spiro atoms. The van der Waals surface area contributed by atoms with Crippen molar-refractivity contribution < 1.29 is 9.47 Å². The molecule has 0 N–H and O–H groups in total. The Morgan fingerprint density at radius 2 is 1.94 bits per heavy atom. The Balaban J connectivity index is 2.65. The Morgan fingerprint density at radius 3 is 2.47 bits per heavy atom. The fourth-order valence-electron chi connectivity index (χ4n) is 1.95. The molecule has 0 unspecified atom stereocenters. The number of hydrogen-bond acceptors (Lipinski definition) is 3. The summed E-state index contributed by atoms with van der Waals surface area (Å²) in [5.74, 6) is 1.59. The summed E-state index contributed by atoms with van der Waals surface area (Å²) in [5, 5.41) is 4.18. The Labute approximate surface area is 101 Å². The van der Waals surface area contributed by atoms with Crippen molar-refractivity contribution in [2.75, 3.05) is 14.2 Å². The summed E-state index contributed by atoms with van der Waals surface area (Å²) < 4.78 is 12.5. The van der Waals surface area contributed by atoms with Crippen LogP contribution in [0, 0.1) is 6.92 Å². The molecule has 0 radical (unpaired) electrons. The van der Waals surface area contributed by atoms with Crippen LogP contribution in [-0.4, -0.2) is 24.0 Å². The van der Waals surface area contributed by atoms with Gasteiger partial charge in [0.15, 0.2) is 0 Å². The van der Waals surface area contributed by atoms with Crippen LogP contribution in [0.15, 0.2) is 24.4 Å². The maximum atomic E-state index is 5.43. The number of aromatic nitrogens is 2. The first kappa shape index (κ1) is 11.5. The molecule has 2 aromatic rings. The molecule has 17 heavy (non-hydrogen) atoms. The monoisotopic (exact) mass is 232 g/mol. The number of nitrogens with zero attached hydrogens (tertiary/aromatic N) is 2. The molecule has 0 aliphatic carbocycles. The predicted octanol–water partition coefficient (Wildman–Crippen LogP) is 2.41. The summed E-state index contributed by atoms with van der Waals surface area (Å²) in [5.41, 5.74) is 3.18. The lowest BCUT2D eigenvalue weighted by Crippen LogP contribution is -1.98. The molecule has 1 heterocycles. The fraction of sp³-hybridized carbons (Fsp3) is 0.308. The van der Waals surface area contributed by atoms with Gasteiger partial charge in [0.05, 0.1) is 19.9 Å². The molecule has 0 aliphatic rings. The van der Waals surface area contributed by atoms with E-state index in [1.54, 1.807) is 20.4 Å². The summed E-state index contributed by atoms with van der Waals surface area (Å²) in [6, 6.07) is 5.84. The van der Waals surface area contributed by atoms with Crippen LogP contribution in [0.3, 0.4) is 0 Å². The maximum Gasteiger partial charge on any atom is 0.132 e. The lowest BCUT2D eigenvalue weighted by atomic mass is 10.0. The number of rotatable bonds is 3. The SMILES string of the molecule is COc1cc(C)c(-c2ccnn2C)c(OC)c1. The van der Waals surface area contributed by atoms with Crippen molar-refractivity contribution >= 4 is 0 Å². The van der Waals surface area contributed by atoms with Gasteiger partial charge in [-0.05, 0) is 24.6 Å². The molecule has 0 saturated carbocycles. The molecule has 0 bridgehead atoms. The number of methoxy groups -OCH3 is 2. The number of ether oxygens (including phenoxy) is 2. The average Bonchev–Trinajstić information content (AvgIpc) is 2.74. The largest absolute Gasteiger partial charge is 0.497 e. The lowest BCUT2D eigenvalue weighted by Gasteiger charge is -2.13. The minimum absolute atomic E-state index is 0.797. The summed E-state index contributed by atoms with van der Waals surface area (Å²) in [6.07, 6.45) is 1.78. The van der Waals surface area contributed by atoms with Gasteiger partial charge >= 0.3 is 0 Å². The molecule has 2 rings (SSSR count). The van der Waals surface area contributed by atoms with Gasteiger partial charge < -0.3 is 9.47 Å². The number of aryl methyl sites for hydroxylation is 2. The second-order valence-electron chi connectivity index (χ2n) is 3.86. The molecule has 0 atom stereocenters. The van der Waals surface area contributed by atoms with Crippen LogP contribution < -0.4 is 9.47 Å². The highest BCUT2D eigenvalue weighted by molar-refractivity contribution is 5.72. The Morgan fingerprint density at radius 1 is 1.18 bits per heavy atom. The van der Waals surface area contributed by atoms with Crippen molar-refractivity contribution in [3.05, 3.63) is 30.0 Å². The van der Waals surface area contributed by atoms with Gasteiger partial charge in [-0.25, -0.2) is 0 Å². The standard InChI is InChI=1S/C13H16N2O2/c1-9-7-10(16-3)8-12(17-4)13(9)11-5-6-14-15(11)2/h5-8H,1-4H3. The third-order valence-corrected chi connectivity index (χ3v) is 2.81. The van der Waals surface area contributed by atoms with Crippen LogP contribution >= 0.6 is 0 Å². The number of hydrogen-bond donors (Lipinski definition) is 0. The molecule has 4 heteroatoms. The molecule has 0 saturated heterocycles. The predicted molar refractivity (Wildman–Crippen MR) is 66.5 cm³/mol. The smallest absolute Gasteiger partial charge is 0.132 e. The van der Waals surface area contributed by atoms with Gasteiger partial charge in [-0.15, -0.1) is 0 Å². The highest BCUT2D eigenvalue weighted by Crippen LogP contribution is 2.36. The van der Waals surface area contributed by atoms with E-state index in [1.807, 2.05) is 36.9 Å². The highest BCUT2D eigenvalue weighted by atomic mass is 16.5. The summed E-state index contributed by atoms with van der Waals surface area (Å²) in [4.78, 5) is 0. The first-order chi connectivity index (χ1) is 8.17. The summed E-state index contributed by atoms with van der Waals surface area (Å²) in [7, 11) is 5.23. The highest BCUT2D eigenvalue weighted by Gasteiger charge is 2.14. The van der Waals surface area contributed by atoms with E-state index in [0.717, 1.165) is 28.3 Å². The zero-order chi connectivity index (χ0) is 12.4. The van der Waals surface area contributed by atoms with Crippen LogP contribution in [0.2, 0.25) is 0 Å². The van der Waals surface area contributed by atoms with Gasteiger partial charge in [-0.2, -0.15) is 5.10 Å². The molecular formula is C13H16N2O2. The molecule has 1 aromatic heterocycles. The summed E-state index contributed by atoms with van der Waals surface area (Å²) in [6.45, 7) is 2.04. The normalized spacial score (nSPS) is 10.4. The molecule has 0 amide bonds. The van der Waals surface area contributed by atoms with E-state index in [4.69, 9.17) is 9.47 Å². The Bertz CT molecular complexity index is 532. The van der Waals surface area contributed by atoms with Gasteiger partial charge in [0.1, 0.15) is 11.5 Å². The molecule has 0 fully saturated rings. The fourth-order valence-corrected chi connectivity index (χ4v) is 1.95. The minimum atomic E-state index is 0.797. The van der Waals surface area contributed by atoms with E-state index < -0.39 is 0 Å². The first-order valence-corrected chi connectivity index (χ1v) is 5.38. The van der Waals surface area contributed by atoms with E-state index in [1.165, 1.54) is 0 Å². The van der Waals surface area contributed by atoms with Crippen LogP contribution in [-0.2, 0) is 7.05 Å². The second-order valence-corrected chi connectivity index (χ2v) is 3.86. The summed E-state index contributed by atoms with van der Waals surface area (Å²) >= 11 is 0. The second kappa shape index (κ2) is 4.49. The van der Waals surface area contributed by atoms with Crippen molar-refractivity contribution in [2.24, 2.45) is 7.05 Å². The van der Waals surface area contributed by atoms with Gasteiger partial charge in [-0.1, -0.05) is 0 Å². The van der Waals surface area contributed by atoms with E-state index in [9.17, 15) is 0 Å². The molecule has 90 valence electrons. The zero-order valence-corrected chi connectivity index (χ0v) is 10.5. The molecule has 1 aromatic carbocycles. The van der Waals surface area contributed by atoms with Crippen molar-refractivity contribution in [3.8, 4) is 22.8 Å². The van der Waals surface area contributed by atoms with E-state index in [2.05, 4.69) is 5.10 Å². The topological polar surface area (TPSA) is 36.3 Å². The number of benzene rings is 1. The molecular weight excluding hydrogens is 216 g/mol. The lowest BCUT2D eigenvalue weighted by molar-refractivity contribution is 0.394. The van der Waals surface area contributed by atoms with Crippen molar-refractivity contribution in [1.82, 2.24) is 9.78 Å². The van der Waals surface area contributed by atoms with Gasteiger partial charge in [0.2, 0.25) is 0 Å². The van der Waals surface area contributed by atoms with E-state index >= 15 is 0 Å². The zero-order valence-electron chi connectivity index (χ0n) is 10.5. The van der Waals surface area contributed by atoms with Crippen molar-refractivity contribution in [2.45, 2.75) is 6.92 Å². The minimum Gasteiger partial charge on any atom is -0.497 e. The quantitative estimate of drug-likeness (QED) is 0.815. The Kier molecular flexibility index (Phi) is 3.04. The van der Waals surface area contributed by atoms with Gasteiger partial charge in [0.25, 0.3) is 0 Å². The van der Waals surface area contributed by atoms with E-state index in [-0.39, 0.29) is 0 Å². The molecule has 4 nitrogen and oxygen atoms in total.